The molecule has 1 aliphatic heterocycles. The SMILES string of the molecule is O=[N+]([O-])c1cn(CC[C@@H](O)COc2ccc(OC3CCN(c4ccc(C(F)(F)F)cc4)CC3)cc2)c(Cl)n1. The molecule has 0 bridgehead atoms. The van der Waals surface area contributed by atoms with Crippen LogP contribution in [0, 0.1) is 10.1 Å². The lowest BCUT2D eigenvalue weighted by Gasteiger charge is -2.33. The number of alkyl halides is 3. The molecular weight excluding hydrogens is 529 g/mol. The summed E-state index contributed by atoms with van der Waals surface area (Å²) < 4.78 is 51.4. The summed E-state index contributed by atoms with van der Waals surface area (Å²) in [5.74, 6) is 0.861. The molecule has 0 saturated carbocycles. The fourth-order valence-electron chi connectivity index (χ4n) is 4.09. The van der Waals surface area contributed by atoms with Crippen molar-refractivity contribution in [1.29, 1.82) is 0 Å². The van der Waals surface area contributed by atoms with Crippen LogP contribution < -0.4 is 14.4 Å². The first kappa shape index (κ1) is 27.5. The Morgan fingerprint density at radius 2 is 1.74 bits per heavy atom. The maximum atomic E-state index is 12.8. The Kier molecular flexibility index (Phi) is 8.62. The summed E-state index contributed by atoms with van der Waals surface area (Å²) in [6.07, 6.45) is -2.24. The average Bonchev–Trinajstić information content (AvgIpc) is 3.28. The molecule has 13 heteroatoms. The second kappa shape index (κ2) is 11.9. The van der Waals surface area contributed by atoms with Crippen LogP contribution in [0.15, 0.2) is 54.7 Å². The van der Waals surface area contributed by atoms with Gasteiger partial charge in [-0.3, -0.25) is 4.57 Å². The van der Waals surface area contributed by atoms with E-state index < -0.39 is 22.8 Å². The van der Waals surface area contributed by atoms with Crippen molar-refractivity contribution >= 4 is 23.1 Å². The number of aliphatic hydroxyl groups is 1. The Hall–Kier alpha value is -3.51. The number of rotatable bonds is 10. The second-order valence-corrected chi connectivity index (χ2v) is 9.23. The van der Waals surface area contributed by atoms with E-state index in [1.807, 2.05) is 4.90 Å². The second-order valence-electron chi connectivity index (χ2n) is 8.89. The minimum atomic E-state index is -4.34. The van der Waals surface area contributed by atoms with Gasteiger partial charge in [0.15, 0.2) is 0 Å². The van der Waals surface area contributed by atoms with Crippen LogP contribution in [-0.2, 0) is 12.7 Å². The number of anilines is 1. The van der Waals surface area contributed by atoms with Crippen LogP contribution >= 0.6 is 11.6 Å². The Balaban J connectivity index is 1.18. The topological polar surface area (TPSA) is 103 Å². The first-order valence-electron chi connectivity index (χ1n) is 12.0. The normalized spacial score (nSPS) is 15.3. The number of aliphatic hydroxyl groups excluding tert-OH is 1. The van der Waals surface area contributed by atoms with Gasteiger partial charge in [0, 0.05) is 38.2 Å². The zero-order chi connectivity index (χ0) is 27.3. The highest BCUT2D eigenvalue weighted by Crippen LogP contribution is 2.31. The standard InChI is InChI=1S/C25H26ClF3N4O5/c26-24-30-23(33(35)36)15-32(24)12-9-19(34)16-37-20-5-7-21(8-6-20)38-22-10-13-31(14-11-22)18-3-1-17(2-4-18)25(27,28)29/h1-8,15,19,22,34H,9-14,16H2/t19-/m1/s1. The highest BCUT2D eigenvalue weighted by atomic mass is 35.5. The molecule has 0 radical (unpaired) electrons. The zero-order valence-corrected chi connectivity index (χ0v) is 20.9. The summed E-state index contributed by atoms with van der Waals surface area (Å²) >= 11 is 5.87. The van der Waals surface area contributed by atoms with E-state index in [0.29, 0.717) is 24.6 Å². The van der Waals surface area contributed by atoms with Crippen molar-refractivity contribution < 1.29 is 32.7 Å². The predicted octanol–water partition coefficient (Wildman–Crippen LogP) is 5.34. The van der Waals surface area contributed by atoms with E-state index in [-0.39, 0.29) is 36.8 Å². The van der Waals surface area contributed by atoms with Crippen molar-refractivity contribution in [3.05, 3.63) is 75.7 Å². The minimum absolute atomic E-state index is 0.0138. The number of nitrogens with zero attached hydrogens (tertiary/aromatic N) is 4. The highest BCUT2D eigenvalue weighted by molar-refractivity contribution is 6.28. The lowest BCUT2D eigenvalue weighted by atomic mass is 10.1. The maximum absolute atomic E-state index is 12.8. The number of aromatic nitrogens is 2. The van der Waals surface area contributed by atoms with Gasteiger partial charge in [0.25, 0.3) is 0 Å². The molecule has 0 amide bonds. The van der Waals surface area contributed by atoms with E-state index in [9.17, 15) is 28.4 Å². The zero-order valence-electron chi connectivity index (χ0n) is 20.2. The predicted molar refractivity (Wildman–Crippen MR) is 134 cm³/mol. The van der Waals surface area contributed by atoms with E-state index in [2.05, 4.69) is 4.98 Å². The molecule has 204 valence electrons. The fraction of sp³-hybridized carbons (Fsp3) is 0.400. The smallest absolute Gasteiger partial charge is 0.416 e. The summed E-state index contributed by atoms with van der Waals surface area (Å²) in [6.45, 7) is 1.62. The number of aryl methyl sites for hydroxylation is 1. The number of hydrogen-bond donors (Lipinski definition) is 1. The number of nitro groups is 1. The number of hydrogen-bond acceptors (Lipinski definition) is 7. The number of ether oxygens (including phenoxy) is 2. The van der Waals surface area contributed by atoms with Crippen molar-refractivity contribution in [2.24, 2.45) is 0 Å². The van der Waals surface area contributed by atoms with Gasteiger partial charge in [0.1, 0.15) is 30.4 Å². The first-order valence-corrected chi connectivity index (χ1v) is 12.3. The van der Waals surface area contributed by atoms with Crippen molar-refractivity contribution in [1.82, 2.24) is 9.55 Å². The van der Waals surface area contributed by atoms with Crippen LogP contribution in [0.5, 0.6) is 11.5 Å². The van der Waals surface area contributed by atoms with E-state index >= 15 is 0 Å². The highest BCUT2D eigenvalue weighted by Gasteiger charge is 2.30. The molecule has 0 aliphatic carbocycles. The van der Waals surface area contributed by atoms with E-state index in [1.54, 1.807) is 24.3 Å². The lowest BCUT2D eigenvalue weighted by Crippen LogP contribution is -2.38. The average molecular weight is 555 g/mol. The van der Waals surface area contributed by atoms with Crippen LogP contribution in [-0.4, -0.2) is 51.5 Å². The van der Waals surface area contributed by atoms with Crippen molar-refractivity contribution in [2.75, 3.05) is 24.6 Å². The summed E-state index contributed by atoms with van der Waals surface area (Å²) in [6, 6.07) is 12.2. The monoisotopic (exact) mass is 554 g/mol. The Bertz CT molecular complexity index is 1210. The summed E-state index contributed by atoms with van der Waals surface area (Å²) in [5, 5.41) is 20.9. The molecule has 2 heterocycles. The maximum Gasteiger partial charge on any atom is 0.416 e. The Labute approximate surface area is 221 Å². The molecule has 1 N–H and O–H groups in total. The van der Waals surface area contributed by atoms with Crippen LogP contribution in [0.25, 0.3) is 0 Å². The van der Waals surface area contributed by atoms with Crippen LogP contribution in [0.1, 0.15) is 24.8 Å². The van der Waals surface area contributed by atoms with E-state index in [1.165, 1.54) is 22.9 Å². The van der Waals surface area contributed by atoms with Gasteiger partial charge in [-0.2, -0.15) is 13.2 Å². The molecule has 3 aromatic rings. The van der Waals surface area contributed by atoms with Crippen LogP contribution in [0.2, 0.25) is 5.28 Å². The summed E-state index contributed by atoms with van der Waals surface area (Å²) in [5.41, 5.74) is 0.101. The van der Waals surface area contributed by atoms with Gasteiger partial charge in [0.2, 0.25) is 0 Å². The molecule has 1 aliphatic rings. The third-order valence-corrected chi connectivity index (χ3v) is 6.48. The molecule has 4 rings (SSSR count). The van der Waals surface area contributed by atoms with Crippen molar-refractivity contribution in [2.45, 2.75) is 44.2 Å². The summed E-state index contributed by atoms with van der Waals surface area (Å²) in [4.78, 5) is 15.8. The molecule has 0 spiro atoms. The number of piperidine rings is 1. The van der Waals surface area contributed by atoms with Crippen molar-refractivity contribution in [3.8, 4) is 11.5 Å². The van der Waals surface area contributed by atoms with Gasteiger partial charge < -0.3 is 29.6 Å². The van der Waals surface area contributed by atoms with E-state index in [4.69, 9.17) is 21.1 Å². The van der Waals surface area contributed by atoms with Crippen LogP contribution in [0.4, 0.5) is 24.7 Å². The third kappa shape index (κ3) is 7.29. The minimum Gasteiger partial charge on any atom is -0.491 e. The molecule has 1 saturated heterocycles. The molecule has 1 fully saturated rings. The lowest BCUT2D eigenvalue weighted by molar-refractivity contribution is -0.389. The first-order chi connectivity index (χ1) is 18.1. The molecule has 38 heavy (non-hydrogen) atoms. The molecule has 1 atom stereocenters. The number of imidazole rings is 1. The summed E-state index contributed by atoms with van der Waals surface area (Å²) in [7, 11) is 0. The molecule has 2 aromatic carbocycles. The largest absolute Gasteiger partial charge is 0.491 e. The van der Waals surface area contributed by atoms with Gasteiger partial charge in [-0.1, -0.05) is 0 Å². The number of halogens is 4. The molecule has 1 aromatic heterocycles. The third-order valence-electron chi connectivity index (χ3n) is 6.18. The van der Waals surface area contributed by atoms with Gasteiger partial charge in [-0.25, -0.2) is 0 Å². The molecule has 0 unspecified atom stereocenters. The van der Waals surface area contributed by atoms with Crippen LogP contribution in [0.3, 0.4) is 0 Å². The molecule has 9 nitrogen and oxygen atoms in total. The van der Waals surface area contributed by atoms with Crippen molar-refractivity contribution in [3.63, 3.8) is 0 Å². The quantitative estimate of drug-likeness (QED) is 0.266. The number of benzene rings is 2. The van der Waals surface area contributed by atoms with E-state index in [0.717, 1.165) is 30.7 Å². The van der Waals surface area contributed by atoms with Gasteiger partial charge in [-0.15, -0.1) is 0 Å². The molecular formula is C25H26ClF3N4O5. The Morgan fingerprint density at radius 1 is 1.11 bits per heavy atom. The van der Waals surface area contributed by atoms with Gasteiger partial charge >= 0.3 is 17.3 Å². The Morgan fingerprint density at radius 3 is 2.32 bits per heavy atom. The fourth-order valence-corrected chi connectivity index (χ4v) is 4.31. The van der Waals surface area contributed by atoms with Gasteiger partial charge in [-0.05, 0) is 76.5 Å². The van der Waals surface area contributed by atoms with Gasteiger partial charge in [0.05, 0.1) is 11.7 Å².